The van der Waals surface area contributed by atoms with E-state index in [0.717, 1.165) is 16.6 Å². The molecule has 0 saturated carbocycles. The maximum Gasteiger partial charge on any atom is 0.234 e. The molecule has 16 heavy (non-hydrogen) atoms. The highest BCUT2D eigenvalue weighted by atomic mass is 79.9. The largest absolute Gasteiger partial charge is 0.354 e. The Morgan fingerprint density at radius 2 is 2.31 bits per heavy atom. The first-order chi connectivity index (χ1) is 7.65. The first kappa shape index (κ1) is 11.5. The van der Waals surface area contributed by atoms with Crippen LogP contribution in [0.2, 0.25) is 0 Å². The molecule has 0 radical (unpaired) electrons. The lowest BCUT2D eigenvalue weighted by Crippen LogP contribution is -2.47. The molecule has 1 aliphatic rings. The summed E-state index contributed by atoms with van der Waals surface area (Å²) < 4.78 is 13.6. The van der Waals surface area contributed by atoms with Crippen molar-refractivity contribution in [1.29, 1.82) is 0 Å². The van der Waals surface area contributed by atoms with E-state index >= 15 is 0 Å². The highest BCUT2D eigenvalue weighted by Crippen LogP contribution is 2.19. The Hall–Kier alpha value is -0.940. The molecule has 1 heterocycles. The molecular formula is C11H12BrFN2O. The van der Waals surface area contributed by atoms with Gasteiger partial charge in [-0.05, 0) is 17.7 Å². The number of rotatable bonds is 2. The third-order valence-electron chi connectivity index (χ3n) is 2.53. The Kier molecular flexibility index (Phi) is 3.56. The highest BCUT2D eigenvalue weighted by Gasteiger charge is 2.16. The summed E-state index contributed by atoms with van der Waals surface area (Å²) in [5, 5.41) is 2.77. The van der Waals surface area contributed by atoms with E-state index in [9.17, 15) is 9.18 Å². The molecular weight excluding hydrogens is 275 g/mol. The first-order valence-electron chi connectivity index (χ1n) is 5.08. The second kappa shape index (κ2) is 4.93. The normalized spacial score (nSPS) is 17.2. The molecule has 0 aromatic heterocycles. The lowest BCUT2D eigenvalue weighted by Gasteiger charge is -2.26. The van der Waals surface area contributed by atoms with Gasteiger partial charge in [0.05, 0.1) is 6.54 Å². The van der Waals surface area contributed by atoms with Crippen LogP contribution in [0.3, 0.4) is 0 Å². The van der Waals surface area contributed by atoms with Gasteiger partial charge in [-0.1, -0.05) is 22.0 Å². The zero-order valence-electron chi connectivity index (χ0n) is 8.67. The lowest BCUT2D eigenvalue weighted by molar-refractivity contribution is -0.124. The van der Waals surface area contributed by atoms with Crippen molar-refractivity contribution in [3.05, 3.63) is 34.1 Å². The van der Waals surface area contributed by atoms with E-state index in [4.69, 9.17) is 0 Å². The average Bonchev–Trinajstić information content (AvgIpc) is 2.22. The van der Waals surface area contributed by atoms with Crippen LogP contribution in [-0.4, -0.2) is 30.4 Å². The zero-order chi connectivity index (χ0) is 11.5. The molecule has 1 saturated heterocycles. The van der Waals surface area contributed by atoms with Gasteiger partial charge in [0.1, 0.15) is 5.82 Å². The number of carbonyl (C=O) groups excluding carboxylic acids is 1. The zero-order valence-corrected chi connectivity index (χ0v) is 10.3. The molecule has 0 aliphatic carbocycles. The van der Waals surface area contributed by atoms with Crippen LogP contribution in [-0.2, 0) is 11.3 Å². The molecule has 1 amide bonds. The topological polar surface area (TPSA) is 32.3 Å². The SMILES string of the molecule is O=C1CN(Cc2ccc(F)cc2Br)CCN1. The quantitative estimate of drug-likeness (QED) is 0.894. The van der Waals surface area contributed by atoms with Gasteiger partial charge in [0.25, 0.3) is 0 Å². The summed E-state index contributed by atoms with van der Waals surface area (Å²) in [4.78, 5) is 13.2. The van der Waals surface area contributed by atoms with E-state index in [1.165, 1.54) is 12.1 Å². The van der Waals surface area contributed by atoms with E-state index in [2.05, 4.69) is 21.2 Å². The molecule has 5 heteroatoms. The molecule has 1 aliphatic heterocycles. The number of nitrogens with one attached hydrogen (secondary N) is 1. The molecule has 0 atom stereocenters. The van der Waals surface area contributed by atoms with Crippen LogP contribution in [0, 0.1) is 5.82 Å². The molecule has 0 bridgehead atoms. The van der Waals surface area contributed by atoms with Gasteiger partial charge in [0, 0.05) is 24.1 Å². The fourth-order valence-electron chi connectivity index (χ4n) is 1.72. The van der Waals surface area contributed by atoms with Gasteiger partial charge >= 0.3 is 0 Å². The monoisotopic (exact) mass is 286 g/mol. The number of hydrogen-bond acceptors (Lipinski definition) is 2. The van der Waals surface area contributed by atoms with Gasteiger partial charge in [0.2, 0.25) is 5.91 Å². The van der Waals surface area contributed by atoms with Gasteiger partial charge < -0.3 is 5.32 Å². The average molecular weight is 287 g/mol. The van der Waals surface area contributed by atoms with Crippen molar-refractivity contribution in [2.24, 2.45) is 0 Å². The third-order valence-corrected chi connectivity index (χ3v) is 3.26. The number of halogens is 2. The minimum absolute atomic E-state index is 0.0458. The van der Waals surface area contributed by atoms with E-state index in [-0.39, 0.29) is 11.7 Å². The maximum absolute atomic E-state index is 12.9. The second-order valence-corrected chi connectivity index (χ2v) is 4.65. The fraction of sp³-hybridized carbons (Fsp3) is 0.364. The summed E-state index contributed by atoms with van der Waals surface area (Å²) in [6.07, 6.45) is 0. The lowest BCUT2D eigenvalue weighted by atomic mass is 10.2. The van der Waals surface area contributed by atoms with E-state index < -0.39 is 0 Å². The Labute approximate surface area is 102 Å². The number of piperazine rings is 1. The fourth-order valence-corrected chi connectivity index (χ4v) is 2.19. The molecule has 0 unspecified atom stereocenters. The summed E-state index contributed by atoms with van der Waals surface area (Å²) in [5.41, 5.74) is 0.996. The van der Waals surface area contributed by atoms with Crippen LogP contribution in [0.4, 0.5) is 4.39 Å². The second-order valence-electron chi connectivity index (χ2n) is 3.80. The van der Waals surface area contributed by atoms with Crippen LogP contribution < -0.4 is 5.32 Å². The Morgan fingerprint density at radius 3 is 3.00 bits per heavy atom. The van der Waals surface area contributed by atoms with Crippen molar-refractivity contribution in [1.82, 2.24) is 10.2 Å². The van der Waals surface area contributed by atoms with Gasteiger partial charge in [-0.3, -0.25) is 9.69 Å². The molecule has 1 aromatic carbocycles. The van der Waals surface area contributed by atoms with Gasteiger partial charge in [-0.15, -0.1) is 0 Å². The van der Waals surface area contributed by atoms with Crippen LogP contribution in [0.1, 0.15) is 5.56 Å². The van der Waals surface area contributed by atoms with E-state index in [0.29, 0.717) is 19.6 Å². The minimum Gasteiger partial charge on any atom is -0.354 e. The van der Waals surface area contributed by atoms with Gasteiger partial charge in [-0.25, -0.2) is 4.39 Å². The summed E-state index contributed by atoms with van der Waals surface area (Å²) >= 11 is 3.32. The van der Waals surface area contributed by atoms with Crippen LogP contribution in [0.5, 0.6) is 0 Å². The number of benzene rings is 1. The molecule has 86 valence electrons. The van der Waals surface area contributed by atoms with Crippen molar-refractivity contribution in [2.45, 2.75) is 6.54 Å². The van der Waals surface area contributed by atoms with Crippen LogP contribution >= 0.6 is 15.9 Å². The molecule has 0 spiro atoms. The van der Waals surface area contributed by atoms with Gasteiger partial charge in [0.15, 0.2) is 0 Å². The van der Waals surface area contributed by atoms with Crippen molar-refractivity contribution < 1.29 is 9.18 Å². The number of carbonyl (C=O) groups is 1. The Morgan fingerprint density at radius 1 is 1.50 bits per heavy atom. The Balaban J connectivity index is 2.05. The van der Waals surface area contributed by atoms with E-state index in [1.54, 1.807) is 6.07 Å². The predicted octanol–water partition coefficient (Wildman–Crippen LogP) is 1.52. The number of hydrogen-bond donors (Lipinski definition) is 1. The summed E-state index contributed by atoms with van der Waals surface area (Å²) in [5.74, 6) is -0.212. The molecule has 3 nitrogen and oxygen atoms in total. The minimum atomic E-state index is -0.257. The van der Waals surface area contributed by atoms with Crippen molar-refractivity contribution in [2.75, 3.05) is 19.6 Å². The number of nitrogens with zero attached hydrogens (tertiary/aromatic N) is 1. The maximum atomic E-state index is 12.9. The Bertz CT molecular complexity index is 411. The molecule has 2 rings (SSSR count). The first-order valence-corrected chi connectivity index (χ1v) is 5.87. The molecule has 1 N–H and O–H groups in total. The molecule has 1 aromatic rings. The van der Waals surface area contributed by atoms with Crippen LogP contribution in [0.25, 0.3) is 0 Å². The molecule has 1 fully saturated rings. The predicted molar refractivity (Wildman–Crippen MR) is 62.4 cm³/mol. The van der Waals surface area contributed by atoms with Crippen molar-refractivity contribution in [3.8, 4) is 0 Å². The van der Waals surface area contributed by atoms with E-state index in [1.807, 2.05) is 4.90 Å². The third kappa shape index (κ3) is 2.80. The highest BCUT2D eigenvalue weighted by molar-refractivity contribution is 9.10. The summed E-state index contributed by atoms with van der Waals surface area (Å²) in [6.45, 7) is 2.57. The summed E-state index contributed by atoms with van der Waals surface area (Å²) in [7, 11) is 0. The van der Waals surface area contributed by atoms with Gasteiger partial charge in [-0.2, -0.15) is 0 Å². The van der Waals surface area contributed by atoms with Crippen LogP contribution in [0.15, 0.2) is 22.7 Å². The number of amides is 1. The summed E-state index contributed by atoms with van der Waals surface area (Å²) in [6, 6.07) is 4.62. The standard InChI is InChI=1S/C11H12BrFN2O/c12-10-5-9(13)2-1-8(10)6-15-4-3-14-11(16)7-15/h1-2,5H,3-4,6-7H2,(H,14,16). The van der Waals surface area contributed by atoms with Crippen molar-refractivity contribution in [3.63, 3.8) is 0 Å². The smallest absolute Gasteiger partial charge is 0.234 e. The van der Waals surface area contributed by atoms with Crippen molar-refractivity contribution >= 4 is 21.8 Å².